The zero-order chi connectivity index (χ0) is 28.5. The van der Waals surface area contributed by atoms with Crippen molar-refractivity contribution in [2.24, 2.45) is 0 Å². The van der Waals surface area contributed by atoms with Gasteiger partial charge in [-0.25, -0.2) is 9.59 Å². The number of rotatable bonds is 5. The molecule has 4 rings (SSSR count). The molecule has 2 fully saturated rings. The lowest BCUT2D eigenvalue weighted by atomic mass is 10.1. The lowest BCUT2D eigenvalue weighted by Crippen LogP contribution is -2.51. The molecule has 2 aromatic rings. The quantitative estimate of drug-likeness (QED) is 0.522. The zero-order valence-electron chi connectivity index (χ0n) is 20.0. The number of hydrogen-bond donors (Lipinski definition) is 2. The van der Waals surface area contributed by atoms with Gasteiger partial charge in [0.05, 0.1) is 32.0 Å². The SMILES string of the molecule is Cc1ccc(CN2CCO[C@H]3[C@H](OCc4cccnc4)CC[C@@H]32)o1.O=C(O)C(F)(F)F.O=C(O)C(F)(F)F. The van der Waals surface area contributed by atoms with E-state index in [1.807, 2.05) is 31.3 Å². The summed E-state index contributed by atoms with van der Waals surface area (Å²) >= 11 is 0. The summed E-state index contributed by atoms with van der Waals surface area (Å²) in [5.41, 5.74) is 1.11. The van der Waals surface area contributed by atoms with Crippen molar-refractivity contribution in [2.75, 3.05) is 13.2 Å². The average Bonchev–Trinajstić information content (AvgIpc) is 3.44. The van der Waals surface area contributed by atoms with Gasteiger partial charge in [0.1, 0.15) is 11.5 Å². The largest absolute Gasteiger partial charge is 0.490 e. The number of furan rings is 1. The predicted octanol–water partition coefficient (Wildman–Crippen LogP) is 4.20. The molecule has 3 heterocycles. The van der Waals surface area contributed by atoms with Gasteiger partial charge in [0.25, 0.3) is 0 Å². The van der Waals surface area contributed by atoms with Crippen LogP contribution in [0.3, 0.4) is 0 Å². The van der Waals surface area contributed by atoms with Gasteiger partial charge in [-0.2, -0.15) is 26.3 Å². The standard InChI is InChI=1S/C19H24N2O3.2C2HF3O2/c1-14-4-5-16(24-14)12-21-9-10-22-19-17(21)6-7-18(19)23-13-15-3-2-8-20-11-15;2*3-2(4,5)1(6)7/h2-5,8,11,17-19H,6-7,9-10,12-13H2,1H3;2*(H,6,7)/t17-,18+,19+;;/m0../s1. The number of aryl methyl sites for hydroxylation is 1. The van der Waals surface area contributed by atoms with Gasteiger partial charge in [-0.1, -0.05) is 6.07 Å². The van der Waals surface area contributed by atoms with Crippen molar-refractivity contribution in [1.82, 2.24) is 9.88 Å². The molecule has 0 bridgehead atoms. The highest BCUT2D eigenvalue weighted by Crippen LogP contribution is 2.33. The van der Waals surface area contributed by atoms with E-state index in [1.54, 1.807) is 6.20 Å². The molecule has 1 aliphatic carbocycles. The van der Waals surface area contributed by atoms with Crippen molar-refractivity contribution < 1.29 is 60.0 Å². The minimum atomic E-state index is -5.08. The Labute approximate surface area is 213 Å². The molecule has 0 radical (unpaired) electrons. The van der Waals surface area contributed by atoms with Crippen LogP contribution in [0, 0.1) is 6.92 Å². The van der Waals surface area contributed by atoms with Crippen molar-refractivity contribution in [3.63, 3.8) is 0 Å². The van der Waals surface area contributed by atoms with Crippen molar-refractivity contribution >= 4 is 11.9 Å². The molecule has 2 N–H and O–H groups in total. The van der Waals surface area contributed by atoms with E-state index < -0.39 is 24.3 Å². The summed E-state index contributed by atoms with van der Waals surface area (Å²) in [6, 6.07) is 8.52. The van der Waals surface area contributed by atoms with Gasteiger partial charge in [-0.3, -0.25) is 9.88 Å². The van der Waals surface area contributed by atoms with E-state index in [9.17, 15) is 26.3 Å². The van der Waals surface area contributed by atoms with Gasteiger partial charge in [0.15, 0.2) is 0 Å². The van der Waals surface area contributed by atoms with E-state index in [2.05, 4.69) is 16.0 Å². The molecule has 0 amide bonds. The summed E-state index contributed by atoms with van der Waals surface area (Å²) in [6.45, 7) is 5.16. The number of carboxylic acid groups (broad SMARTS) is 2. The van der Waals surface area contributed by atoms with E-state index in [-0.39, 0.29) is 12.2 Å². The number of fused-ring (bicyclic) bond motifs is 1. The van der Waals surface area contributed by atoms with E-state index in [1.165, 1.54) is 0 Å². The maximum Gasteiger partial charge on any atom is 0.490 e. The molecular formula is C23H26F6N2O7. The maximum atomic E-state index is 10.6. The van der Waals surface area contributed by atoms with Crippen LogP contribution in [0.15, 0.2) is 41.1 Å². The monoisotopic (exact) mass is 556 g/mol. The van der Waals surface area contributed by atoms with Crippen LogP contribution in [0.4, 0.5) is 26.3 Å². The van der Waals surface area contributed by atoms with Crippen LogP contribution in [-0.4, -0.2) is 75.8 Å². The number of halogens is 6. The minimum Gasteiger partial charge on any atom is -0.475 e. The molecule has 212 valence electrons. The molecule has 0 unspecified atom stereocenters. The number of morpholine rings is 1. The first-order valence-electron chi connectivity index (χ1n) is 11.2. The van der Waals surface area contributed by atoms with Crippen molar-refractivity contribution in [3.8, 4) is 0 Å². The fourth-order valence-electron chi connectivity index (χ4n) is 3.82. The highest BCUT2D eigenvalue weighted by Gasteiger charge is 2.43. The Morgan fingerprint density at radius 3 is 2.21 bits per heavy atom. The zero-order valence-corrected chi connectivity index (χ0v) is 20.0. The number of pyridine rings is 1. The fraction of sp³-hybridized carbons (Fsp3) is 0.522. The van der Waals surface area contributed by atoms with Gasteiger partial charge < -0.3 is 24.1 Å². The number of hydrogen-bond acceptors (Lipinski definition) is 7. The van der Waals surface area contributed by atoms with E-state index in [0.717, 1.165) is 49.6 Å². The smallest absolute Gasteiger partial charge is 0.475 e. The lowest BCUT2D eigenvalue weighted by Gasteiger charge is -2.38. The highest BCUT2D eigenvalue weighted by molar-refractivity contribution is 5.73. The second-order valence-electron chi connectivity index (χ2n) is 8.28. The first-order chi connectivity index (χ1) is 17.7. The topological polar surface area (TPSA) is 122 Å². The number of aliphatic carboxylic acids is 2. The third kappa shape index (κ3) is 9.95. The molecule has 38 heavy (non-hydrogen) atoms. The predicted molar refractivity (Wildman–Crippen MR) is 117 cm³/mol. The summed E-state index contributed by atoms with van der Waals surface area (Å²) in [5, 5.41) is 14.2. The fourth-order valence-corrected chi connectivity index (χ4v) is 3.82. The highest BCUT2D eigenvalue weighted by atomic mass is 19.4. The minimum absolute atomic E-state index is 0.159. The number of ether oxygens (including phenoxy) is 2. The number of carboxylic acids is 2. The molecule has 15 heteroatoms. The maximum absolute atomic E-state index is 10.6. The molecule has 2 aromatic heterocycles. The Bertz CT molecular complexity index is 1010. The van der Waals surface area contributed by atoms with Gasteiger partial charge in [0.2, 0.25) is 0 Å². The van der Waals surface area contributed by atoms with Crippen LogP contribution in [0.1, 0.15) is 29.9 Å². The van der Waals surface area contributed by atoms with Crippen LogP contribution >= 0.6 is 0 Å². The van der Waals surface area contributed by atoms with Gasteiger partial charge >= 0.3 is 24.3 Å². The van der Waals surface area contributed by atoms with E-state index in [0.29, 0.717) is 12.6 Å². The molecular weight excluding hydrogens is 530 g/mol. The van der Waals surface area contributed by atoms with Crippen molar-refractivity contribution in [1.29, 1.82) is 0 Å². The first-order valence-corrected chi connectivity index (χ1v) is 11.2. The summed E-state index contributed by atoms with van der Waals surface area (Å²) < 4.78 is 81.4. The second-order valence-corrected chi connectivity index (χ2v) is 8.28. The average molecular weight is 556 g/mol. The first kappa shape index (κ1) is 31.1. The van der Waals surface area contributed by atoms with Crippen LogP contribution in [-0.2, 0) is 32.2 Å². The number of aromatic nitrogens is 1. The third-order valence-corrected chi connectivity index (χ3v) is 5.48. The Morgan fingerprint density at radius 1 is 1.08 bits per heavy atom. The summed E-state index contributed by atoms with van der Waals surface area (Å²) in [5.74, 6) is -3.51. The Hall–Kier alpha value is -3.17. The van der Waals surface area contributed by atoms with Crippen LogP contribution in [0.5, 0.6) is 0 Å². The molecule has 1 aliphatic heterocycles. The third-order valence-electron chi connectivity index (χ3n) is 5.48. The molecule has 3 atom stereocenters. The van der Waals surface area contributed by atoms with Gasteiger partial charge in [-0.15, -0.1) is 0 Å². The van der Waals surface area contributed by atoms with E-state index >= 15 is 0 Å². The van der Waals surface area contributed by atoms with Crippen LogP contribution in [0.25, 0.3) is 0 Å². The molecule has 2 aliphatic rings. The second kappa shape index (κ2) is 13.6. The normalized spacial score (nSPS) is 21.4. The molecule has 0 aromatic carbocycles. The summed E-state index contributed by atoms with van der Waals surface area (Å²) in [4.78, 5) is 24.4. The van der Waals surface area contributed by atoms with Gasteiger partial charge in [0, 0.05) is 25.0 Å². The lowest BCUT2D eigenvalue weighted by molar-refractivity contribution is -0.193. The van der Waals surface area contributed by atoms with Crippen molar-refractivity contribution in [3.05, 3.63) is 53.7 Å². The number of alkyl halides is 6. The number of nitrogens with zero attached hydrogens (tertiary/aromatic N) is 2. The molecule has 1 saturated heterocycles. The van der Waals surface area contributed by atoms with Gasteiger partial charge in [-0.05, 0) is 43.5 Å². The molecule has 0 spiro atoms. The summed E-state index contributed by atoms with van der Waals surface area (Å²) in [7, 11) is 0. The Balaban J connectivity index is 0.000000301. The Morgan fingerprint density at radius 2 is 1.71 bits per heavy atom. The number of carbonyl (C=O) groups is 2. The van der Waals surface area contributed by atoms with Crippen LogP contribution in [0.2, 0.25) is 0 Å². The van der Waals surface area contributed by atoms with Crippen LogP contribution < -0.4 is 0 Å². The van der Waals surface area contributed by atoms with E-state index in [4.69, 9.17) is 33.7 Å². The van der Waals surface area contributed by atoms with Crippen molar-refractivity contribution in [2.45, 2.75) is 63.5 Å². The Kier molecular flexibility index (Phi) is 11.1. The molecule has 9 nitrogen and oxygen atoms in total. The summed E-state index contributed by atoms with van der Waals surface area (Å²) in [6.07, 6.45) is -4.04. The molecule has 1 saturated carbocycles.